The van der Waals surface area contributed by atoms with Gasteiger partial charge in [0.1, 0.15) is 31.0 Å². The zero-order valence-electron chi connectivity index (χ0n) is 11.9. The number of fused-ring (bicyclic) bond motifs is 2. The van der Waals surface area contributed by atoms with Gasteiger partial charge in [-0.05, 0) is 12.1 Å². The molecule has 1 aliphatic rings. The van der Waals surface area contributed by atoms with E-state index in [-0.39, 0.29) is 0 Å². The Morgan fingerprint density at radius 1 is 0.667 bits per heavy atom. The number of rotatable bonds is 1. The number of hydrogen-bond acceptors (Lipinski definition) is 6. The van der Waals surface area contributed by atoms with E-state index in [1.807, 2.05) is 0 Å². The summed E-state index contributed by atoms with van der Waals surface area (Å²) in [4.78, 5) is 10.9. The first kappa shape index (κ1) is 15.8. The molecule has 0 amide bonds. The van der Waals surface area contributed by atoms with Crippen LogP contribution >= 0.6 is 0 Å². The van der Waals surface area contributed by atoms with E-state index in [9.17, 15) is 4.79 Å². The van der Waals surface area contributed by atoms with Gasteiger partial charge in [0.25, 0.3) is 0 Å². The third-order valence-electron chi connectivity index (χ3n) is 2.78. The van der Waals surface area contributed by atoms with Crippen LogP contribution in [0.5, 0.6) is 11.5 Å². The van der Waals surface area contributed by atoms with Gasteiger partial charge < -0.3 is 23.7 Å². The lowest BCUT2D eigenvalue weighted by molar-refractivity contribution is 0.00433. The molecule has 21 heavy (non-hydrogen) atoms. The second kappa shape index (κ2) is 9.33. The van der Waals surface area contributed by atoms with E-state index in [1.54, 1.807) is 18.2 Å². The molecule has 0 unspecified atom stereocenters. The van der Waals surface area contributed by atoms with E-state index in [0.717, 1.165) is 6.29 Å². The maximum atomic E-state index is 10.9. The van der Waals surface area contributed by atoms with Crippen molar-refractivity contribution in [2.45, 2.75) is 0 Å². The lowest BCUT2D eigenvalue weighted by Gasteiger charge is -2.12. The van der Waals surface area contributed by atoms with Crippen LogP contribution in [0.15, 0.2) is 18.2 Å². The zero-order valence-corrected chi connectivity index (χ0v) is 11.9. The molecular weight excluding hydrogens is 276 g/mol. The predicted molar refractivity (Wildman–Crippen MR) is 75.3 cm³/mol. The first-order chi connectivity index (χ1) is 10.4. The average Bonchev–Trinajstić information content (AvgIpc) is 2.50. The minimum Gasteiger partial charge on any atom is -0.491 e. The molecule has 1 aromatic rings. The van der Waals surface area contributed by atoms with Crippen LogP contribution in [0.25, 0.3) is 0 Å². The van der Waals surface area contributed by atoms with E-state index < -0.39 is 0 Å². The molecule has 0 saturated heterocycles. The second-order valence-electron chi connectivity index (χ2n) is 4.39. The Balaban J connectivity index is 1.96. The van der Waals surface area contributed by atoms with Crippen molar-refractivity contribution in [3.63, 3.8) is 0 Å². The quantitative estimate of drug-likeness (QED) is 0.728. The Bertz CT molecular complexity index is 402. The van der Waals surface area contributed by atoms with Crippen LogP contribution in [-0.4, -0.2) is 59.1 Å². The molecule has 0 radical (unpaired) electrons. The summed E-state index contributed by atoms with van der Waals surface area (Å²) < 4.78 is 27.2. The minimum absolute atomic E-state index is 0.408. The summed E-state index contributed by atoms with van der Waals surface area (Å²) in [6, 6.07) is 5.09. The zero-order chi connectivity index (χ0) is 14.8. The first-order valence-corrected chi connectivity index (χ1v) is 6.97. The molecule has 116 valence electrons. The minimum atomic E-state index is 0.408. The molecule has 2 rings (SSSR count). The van der Waals surface area contributed by atoms with Crippen LogP contribution in [0.3, 0.4) is 0 Å². The molecule has 6 heteroatoms. The van der Waals surface area contributed by atoms with Gasteiger partial charge in [0, 0.05) is 11.6 Å². The van der Waals surface area contributed by atoms with Gasteiger partial charge in [-0.15, -0.1) is 0 Å². The topological polar surface area (TPSA) is 63.2 Å². The number of carbonyl (C=O) groups is 1. The summed E-state index contributed by atoms with van der Waals surface area (Å²) in [5.74, 6) is 1.17. The van der Waals surface area contributed by atoms with Crippen molar-refractivity contribution in [2.75, 3.05) is 52.9 Å². The highest BCUT2D eigenvalue weighted by Crippen LogP contribution is 2.22. The largest absolute Gasteiger partial charge is 0.491 e. The first-order valence-electron chi connectivity index (χ1n) is 6.97. The summed E-state index contributed by atoms with van der Waals surface area (Å²) in [6.07, 6.45) is 0.766. The second-order valence-corrected chi connectivity index (χ2v) is 4.39. The van der Waals surface area contributed by atoms with Gasteiger partial charge in [-0.1, -0.05) is 0 Å². The highest BCUT2D eigenvalue weighted by Gasteiger charge is 2.04. The molecule has 0 fully saturated rings. The lowest BCUT2D eigenvalue weighted by Crippen LogP contribution is -2.15. The molecule has 1 heterocycles. The SMILES string of the molecule is O=Cc1cc2cc(c1)OCCOCCOCCOCCO2. The maximum absolute atomic E-state index is 10.9. The highest BCUT2D eigenvalue weighted by molar-refractivity contribution is 5.76. The van der Waals surface area contributed by atoms with Crippen molar-refractivity contribution >= 4 is 6.29 Å². The molecule has 0 saturated carbocycles. The Kier molecular flexibility index (Phi) is 7.00. The normalized spacial score (nSPS) is 18.3. The van der Waals surface area contributed by atoms with Crippen molar-refractivity contribution in [3.8, 4) is 11.5 Å². The summed E-state index contributed by atoms with van der Waals surface area (Å²) in [5, 5.41) is 0. The molecule has 1 aromatic carbocycles. The predicted octanol–water partition coefficient (Wildman–Crippen LogP) is 1.32. The van der Waals surface area contributed by atoms with E-state index >= 15 is 0 Å². The molecule has 6 nitrogen and oxygen atoms in total. The average molecular weight is 296 g/mol. The van der Waals surface area contributed by atoms with Crippen molar-refractivity contribution in [2.24, 2.45) is 0 Å². The molecule has 0 atom stereocenters. The summed E-state index contributed by atoms with van der Waals surface area (Å²) in [6.45, 7) is 3.84. The van der Waals surface area contributed by atoms with Crippen LogP contribution in [0.2, 0.25) is 0 Å². The van der Waals surface area contributed by atoms with Crippen LogP contribution in [0.1, 0.15) is 10.4 Å². The fourth-order valence-corrected chi connectivity index (χ4v) is 1.81. The molecular formula is C15H20O6. The van der Waals surface area contributed by atoms with E-state index in [1.165, 1.54) is 0 Å². The van der Waals surface area contributed by atoms with Crippen molar-refractivity contribution < 1.29 is 28.5 Å². The van der Waals surface area contributed by atoms with Gasteiger partial charge in [0.15, 0.2) is 0 Å². The summed E-state index contributed by atoms with van der Waals surface area (Å²) >= 11 is 0. The van der Waals surface area contributed by atoms with Crippen molar-refractivity contribution in [3.05, 3.63) is 23.8 Å². The number of hydrogen-bond donors (Lipinski definition) is 0. The Labute approximate surface area is 123 Å². The Hall–Kier alpha value is -1.63. The fraction of sp³-hybridized carbons (Fsp3) is 0.533. The number of aldehydes is 1. The molecule has 1 aliphatic heterocycles. The van der Waals surface area contributed by atoms with Gasteiger partial charge in [-0.25, -0.2) is 0 Å². The van der Waals surface area contributed by atoms with Crippen LogP contribution in [-0.2, 0) is 14.2 Å². The summed E-state index contributed by atoms with van der Waals surface area (Å²) in [5.41, 5.74) is 0.513. The number of ether oxygens (including phenoxy) is 5. The molecule has 0 N–H and O–H groups in total. The Morgan fingerprint density at radius 3 is 1.52 bits per heavy atom. The van der Waals surface area contributed by atoms with E-state index in [0.29, 0.717) is 69.9 Å². The van der Waals surface area contributed by atoms with Gasteiger partial charge in [0.2, 0.25) is 0 Å². The van der Waals surface area contributed by atoms with E-state index in [2.05, 4.69) is 0 Å². The number of carbonyl (C=O) groups excluding carboxylic acids is 1. The van der Waals surface area contributed by atoms with Crippen LogP contribution < -0.4 is 9.47 Å². The third kappa shape index (κ3) is 6.12. The molecule has 0 aromatic heterocycles. The molecule has 2 bridgehead atoms. The van der Waals surface area contributed by atoms with Crippen molar-refractivity contribution in [1.29, 1.82) is 0 Å². The Morgan fingerprint density at radius 2 is 1.10 bits per heavy atom. The van der Waals surface area contributed by atoms with Crippen LogP contribution in [0.4, 0.5) is 0 Å². The number of benzene rings is 1. The van der Waals surface area contributed by atoms with Crippen LogP contribution in [0, 0.1) is 0 Å². The lowest BCUT2D eigenvalue weighted by atomic mass is 10.2. The fourth-order valence-electron chi connectivity index (χ4n) is 1.81. The van der Waals surface area contributed by atoms with Gasteiger partial charge in [-0.3, -0.25) is 4.79 Å². The summed E-state index contributed by atoms with van der Waals surface area (Å²) in [7, 11) is 0. The monoisotopic (exact) mass is 296 g/mol. The van der Waals surface area contributed by atoms with Gasteiger partial charge >= 0.3 is 0 Å². The van der Waals surface area contributed by atoms with Crippen molar-refractivity contribution in [1.82, 2.24) is 0 Å². The maximum Gasteiger partial charge on any atom is 0.150 e. The van der Waals surface area contributed by atoms with E-state index in [4.69, 9.17) is 23.7 Å². The molecule has 0 spiro atoms. The highest BCUT2D eigenvalue weighted by atomic mass is 16.6. The molecule has 0 aliphatic carbocycles. The van der Waals surface area contributed by atoms with Gasteiger partial charge in [0.05, 0.1) is 39.6 Å². The third-order valence-corrected chi connectivity index (χ3v) is 2.78. The standard InChI is InChI=1S/C15H20O6/c16-12-13-9-14-11-15(10-13)21-8-6-19-4-2-17-1-3-18-5-7-20-14/h9-12H,1-8H2. The van der Waals surface area contributed by atoms with Gasteiger partial charge in [-0.2, -0.15) is 0 Å². The smallest absolute Gasteiger partial charge is 0.150 e.